The number of carbonyl (C=O) groups excluding carboxylic acids is 2. The summed E-state index contributed by atoms with van der Waals surface area (Å²) in [6, 6.07) is 11.1. The SMILES string of the molecule is Cc1cccc(C)c1NC(=O)COC(=O)CSCc1ccc(Cl)c(Cl)c1. The number of ether oxygens (including phenoxy) is 1. The van der Waals surface area contributed by atoms with E-state index in [1.165, 1.54) is 11.8 Å². The van der Waals surface area contributed by atoms with Gasteiger partial charge in [-0.3, -0.25) is 9.59 Å². The fraction of sp³-hybridized carbons (Fsp3) is 0.263. The summed E-state index contributed by atoms with van der Waals surface area (Å²) in [5, 5.41) is 3.75. The van der Waals surface area contributed by atoms with Crippen molar-refractivity contribution in [2.24, 2.45) is 0 Å². The first-order valence-corrected chi connectivity index (χ1v) is 9.81. The lowest BCUT2D eigenvalue weighted by Crippen LogP contribution is -2.22. The average Bonchev–Trinajstić information content (AvgIpc) is 2.59. The molecule has 0 radical (unpaired) electrons. The van der Waals surface area contributed by atoms with E-state index in [1.54, 1.807) is 12.1 Å². The fourth-order valence-corrected chi connectivity index (χ4v) is 3.34. The molecule has 2 rings (SSSR count). The van der Waals surface area contributed by atoms with E-state index in [0.717, 1.165) is 22.4 Å². The van der Waals surface area contributed by atoms with Crippen LogP contribution in [0.2, 0.25) is 10.0 Å². The van der Waals surface area contributed by atoms with Crippen LogP contribution in [0.4, 0.5) is 5.69 Å². The number of carbonyl (C=O) groups is 2. The van der Waals surface area contributed by atoms with Gasteiger partial charge >= 0.3 is 5.97 Å². The Balaban J connectivity index is 1.72. The highest BCUT2D eigenvalue weighted by Gasteiger charge is 2.11. The van der Waals surface area contributed by atoms with Crippen molar-refractivity contribution in [2.75, 3.05) is 17.7 Å². The Morgan fingerprint density at radius 2 is 1.77 bits per heavy atom. The minimum atomic E-state index is -0.438. The third-order valence-electron chi connectivity index (χ3n) is 3.58. The van der Waals surface area contributed by atoms with Crippen molar-refractivity contribution >= 4 is 52.5 Å². The van der Waals surface area contributed by atoms with Crippen LogP contribution < -0.4 is 5.32 Å². The van der Waals surface area contributed by atoms with E-state index < -0.39 is 5.97 Å². The smallest absolute Gasteiger partial charge is 0.316 e. The number of amides is 1. The lowest BCUT2D eigenvalue weighted by Gasteiger charge is -2.11. The van der Waals surface area contributed by atoms with Gasteiger partial charge in [0, 0.05) is 11.4 Å². The number of hydrogen-bond acceptors (Lipinski definition) is 4. The fourth-order valence-electron chi connectivity index (χ4n) is 2.26. The molecule has 0 heterocycles. The molecule has 1 amide bonds. The Kier molecular flexibility index (Phi) is 7.82. The Hall–Kier alpha value is -1.69. The number of halogens is 2. The molecule has 1 N–H and O–H groups in total. The first-order valence-electron chi connectivity index (χ1n) is 7.90. The minimum absolute atomic E-state index is 0.150. The Labute approximate surface area is 167 Å². The maximum absolute atomic E-state index is 12.0. The standard InChI is InChI=1S/C19H19Cl2NO3S/c1-12-4-3-5-13(2)19(12)22-17(23)9-25-18(24)11-26-10-14-6-7-15(20)16(21)8-14/h3-8H,9-11H2,1-2H3,(H,22,23). The molecular weight excluding hydrogens is 393 g/mol. The molecular formula is C19H19Cl2NO3S. The first kappa shape index (κ1) is 20.6. The summed E-state index contributed by atoms with van der Waals surface area (Å²) < 4.78 is 5.02. The van der Waals surface area contributed by atoms with E-state index in [4.69, 9.17) is 27.9 Å². The highest BCUT2D eigenvalue weighted by Crippen LogP contribution is 2.24. The molecule has 0 saturated carbocycles. The molecule has 0 atom stereocenters. The molecule has 0 bridgehead atoms. The average molecular weight is 412 g/mol. The van der Waals surface area contributed by atoms with Crippen molar-refractivity contribution in [1.82, 2.24) is 0 Å². The second kappa shape index (κ2) is 9.86. The summed E-state index contributed by atoms with van der Waals surface area (Å²) in [6.45, 7) is 3.52. The molecule has 26 heavy (non-hydrogen) atoms. The van der Waals surface area contributed by atoms with Gasteiger partial charge in [0.05, 0.1) is 15.8 Å². The predicted molar refractivity (Wildman–Crippen MR) is 108 cm³/mol. The molecule has 2 aromatic carbocycles. The maximum Gasteiger partial charge on any atom is 0.316 e. The van der Waals surface area contributed by atoms with Crippen molar-refractivity contribution in [1.29, 1.82) is 0 Å². The highest BCUT2D eigenvalue weighted by atomic mass is 35.5. The summed E-state index contributed by atoms with van der Waals surface area (Å²) in [7, 11) is 0. The molecule has 0 saturated heterocycles. The van der Waals surface area contributed by atoms with Crippen molar-refractivity contribution < 1.29 is 14.3 Å². The molecule has 138 valence electrons. The molecule has 0 fully saturated rings. The lowest BCUT2D eigenvalue weighted by molar-refractivity contribution is -0.144. The van der Waals surface area contributed by atoms with Crippen LogP contribution in [0.15, 0.2) is 36.4 Å². The van der Waals surface area contributed by atoms with Crippen LogP contribution in [0.5, 0.6) is 0 Å². The van der Waals surface area contributed by atoms with Crippen LogP contribution in [-0.4, -0.2) is 24.2 Å². The Morgan fingerprint density at radius 3 is 2.42 bits per heavy atom. The number of para-hydroxylation sites is 1. The molecule has 0 aromatic heterocycles. The van der Waals surface area contributed by atoms with Crippen molar-refractivity contribution in [3.8, 4) is 0 Å². The highest BCUT2D eigenvalue weighted by molar-refractivity contribution is 7.99. The number of anilines is 1. The number of hydrogen-bond donors (Lipinski definition) is 1. The minimum Gasteiger partial charge on any atom is -0.455 e. The number of rotatable bonds is 7. The largest absolute Gasteiger partial charge is 0.455 e. The number of benzene rings is 2. The van der Waals surface area contributed by atoms with Gasteiger partial charge in [-0.1, -0.05) is 47.5 Å². The number of nitrogens with one attached hydrogen (secondary N) is 1. The molecule has 0 aliphatic heterocycles. The summed E-state index contributed by atoms with van der Waals surface area (Å²) in [6.07, 6.45) is 0. The third kappa shape index (κ3) is 6.24. The summed E-state index contributed by atoms with van der Waals surface area (Å²) in [5.74, 6) is -0.0470. The van der Waals surface area contributed by atoms with Gasteiger partial charge in [-0.25, -0.2) is 0 Å². The number of thioether (sulfide) groups is 1. The predicted octanol–water partition coefficient (Wildman–Crippen LogP) is 5.03. The van der Waals surface area contributed by atoms with E-state index >= 15 is 0 Å². The van der Waals surface area contributed by atoms with Gasteiger partial charge in [0.1, 0.15) is 0 Å². The van der Waals surface area contributed by atoms with Gasteiger partial charge in [0.15, 0.2) is 6.61 Å². The summed E-state index contributed by atoms with van der Waals surface area (Å²) in [4.78, 5) is 23.7. The van der Waals surface area contributed by atoms with Crippen LogP contribution in [-0.2, 0) is 20.1 Å². The van der Waals surface area contributed by atoms with Crippen LogP contribution >= 0.6 is 35.0 Å². The summed E-state index contributed by atoms with van der Waals surface area (Å²) in [5.41, 5.74) is 3.64. The third-order valence-corrected chi connectivity index (χ3v) is 5.30. The zero-order valence-electron chi connectivity index (χ0n) is 14.5. The molecule has 0 aliphatic rings. The van der Waals surface area contributed by atoms with Gasteiger partial charge in [-0.15, -0.1) is 11.8 Å². The van der Waals surface area contributed by atoms with Crippen molar-refractivity contribution in [2.45, 2.75) is 19.6 Å². The second-order valence-corrected chi connectivity index (χ2v) is 7.52. The zero-order chi connectivity index (χ0) is 19.1. The number of aryl methyl sites for hydroxylation is 2. The van der Waals surface area contributed by atoms with Gasteiger partial charge in [-0.2, -0.15) is 0 Å². The van der Waals surface area contributed by atoms with E-state index in [2.05, 4.69) is 5.32 Å². The second-order valence-electron chi connectivity index (χ2n) is 5.72. The molecule has 0 spiro atoms. The van der Waals surface area contributed by atoms with E-state index in [-0.39, 0.29) is 18.3 Å². The van der Waals surface area contributed by atoms with Gasteiger partial charge in [0.25, 0.3) is 5.91 Å². The lowest BCUT2D eigenvalue weighted by atomic mass is 10.1. The molecule has 4 nitrogen and oxygen atoms in total. The molecule has 2 aromatic rings. The normalized spacial score (nSPS) is 10.5. The van der Waals surface area contributed by atoms with Crippen LogP contribution in [0, 0.1) is 13.8 Å². The first-order chi connectivity index (χ1) is 12.4. The van der Waals surface area contributed by atoms with Crippen molar-refractivity contribution in [3.05, 3.63) is 63.1 Å². The van der Waals surface area contributed by atoms with Crippen LogP contribution in [0.25, 0.3) is 0 Å². The monoisotopic (exact) mass is 411 g/mol. The molecule has 0 aliphatic carbocycles. The van der Waals surface area contributed by atoms with Crippen molar-refractivity contribution in [3.63, 3.8) is 0 Å². The van der Waals surface area contributed by atoms with Gasteiger partial charge in [-0.05, 0) is 42.7 Å². The number of esters is 1. The maximum atomic E-state index is 12.0. The Bertz CT molecular complexity index is 791. The molecule has 0 unspecified atom stereocenters. The topological polar surface area (TPSA) is 55.4 Å². The van der Waals surface area contributed by atoms with Gasteiger partial charge < -0.3 is 10.1 Å². The van der Waals surface area contributed by atoms with E-state index in [0.29, 0.717) is 15.8 Å². The quantitative estimate of drug-likeness (QED) is 0.649. The van der Waals surface area contributed by atoms with Gasteiger partial charge in [0.2, 0.25) is 0 Å². The Morgan fingerprint density at radius 1 is 1.08 bits per heavy atom. The van der Waals surface area contributed by atoms with Crippen LogP contribution in [0.3, 0.4) is 0 Å². The zero-order valence-corrected chi connectivity index (χ0v) is 16.8. The van der Waals surface area contributed by atoms with E-state index in [9.17, 15) is 9.59 Å². The summed E-state index contributed by atoms with van der Waals surface area (Å²) >= 11 is 13.2. The van der Waals surface area contributed by atoms with E-state index in [1.807, 2.05) is 38.1 Å². The van der Waals surface area contributed by atoms with Crippen LogP contribution in [0.1, 0.15) is 16.7 Å². The molecule has 7 heteroatoms.